The van der Waals surface area contributed by atoms with Gasteiger partial charge in [0.15, 0.2) is 0 Å². The lowest BCUT2D eigenvalue weighted by molar-refractivity contribution is -0.122. The first-order valence-electron chi connectivity index (χ1n) is 3.34. The maximum absolute atomic E-state index is 11.1. The van der Waals surface area contributed by atoms with Gasteiger partial charge in [0.25, 0.3) is 0 Å². The highest BCUT2D eigenvalue weighted by Crippen LogP contribution is 2.23. The van der Waals surface area contributed by atoms with Crippen LogP contribution in [0, 0.1) is 12.3 Å². The second kappa shape index (κ2) is 4.30. The second-order valence-electron chi connectivity index (χ2n) is 2.58. The van der Waals surface area contributed by atoms with E-state index in [1.54, 1.807) is 7.05 Å². The van der Waals surface area contributed by atoms with Crippen LogP contribution in [0.3, 0.4) is 0 Å². The van der Waals surface area contributed by atoms with Crippen molar-refractivity contribution in [1.82, 2.24) is 5.32 Å². The van der Waals surface area contributed by atoms with Crippen molar-refractivity contribution < 1.29 is 4.79 Å². The molecule has 0 aromatic heterocycles. The molecule has 11 heavy (non-hydrogen) atoms. The third-order valence-electron chi connectivity index (χ3n) is 1.29. The van der Waals surface area contributed by atoms with Crippen molar-refractivity contribution in [3.63, 3.8) is 0 Å². The highest BCUT2D eigenvalue weighted by Gasteiger charge is 2.26. The zero-order chi connectivity index (χ0) is 8.91. The topological polar surface area (TPSA) is 29.1 Å². The average molecular weight is 171 g/mol. The van der Waals surface area contributed by atoms with Crippen LogP contribution in [0.15, 0.2) is 0 Å². The van der Waals surface area contributed by atoms with E-state index in [4.69, 9.17) is 6.42 Å². The lowest BCUT2D eigenvalue weighted by atomic mass is 10.2. The van der Waals surface area contributed by atoms with Crippen LogP contribution >= 0.6 is 11.8 Å². The van der Waals surface area contributed by atoms with Gasteiger partial charge in [-0.25, -0.2) is 0 Å². The van der Waals surface area contributed by atoms with Crippen LogP contribution in [-0.4, -0.2) is 23.5 Å². The Hall–Kier alpha value is -0.620. The van der Waals surface area contributed by atoms with Crippen molar-refractivity contribution in [2.75, 3.05) is 12.8 Å². The molecule has 0 aliphatic heterocycles. The second-order valence-corrected chi connectivity index (χ2v) is 4.18. The van der Waals surface area contributed by atoms with Gasteiger partial charge in [-0.2, -0.15) is 0 Å². The van der Waals surface area contributed by atoms with Crippen LogP contribution in [0.2, 0.25) is 0 Å². The Morgan fingerprint density at radius 1 is 1.73 bits per heavy atom. The van der Waals surface area contributed by atoms with Crippen molar-refractivity contribution in [2.24, 2.45) is 0 Å². The lowest BCUT2D eigenvalue weighted by Crippen LogP contribution is -2.37. The molecule has 0 unspecified atom stereocenters. The van der Waals surface area contributed by atoms with Crippen LogP contribution in [0.25, 0.3) is 0 Å². The zero-order valence-corrected chi connectivity index (χ0v) is 7.92. The molecule has 62 valence electrons. The normalized spacial score (nSPS) is 10.4. The fraction of sp³-hybridized carbons (Fsp3) is 0.625. The van der Waals surface area contributed by atoms with Gasteiger partial charge in [0.05, 0.1) is 10.5 Å². The first kappa shape index (κ1) is 10.4. The van der Waals surface area contributed by atoms with Crippen molar-refractivity contribution in [2.45, 2.75) is 18.6 Å². The molecule has 0 atom stereocenters. The minimum absolute atomic E-state index is 0.0118. The van der Waals surface area contributed by atoms with Crippen LogP contribution in [0.5, 0.6) is 0 Å². The fourth-order valence-electron chi connectivity index (χ4n) is 0.589. The molecule has 0 heterocycles. The highest BCUT2D eigenvalue weighted by molar-refractivity contribution is 8.01. The predicted octanol–water partition coefficient (Wildman–Crippen LogP) is 0.877. The third-order valence-corrected chi connectivity index (χ3v) is 2.51. The van der Waals surface area contributed by atoms with Crippen molar-refractivity contribution in [1.29, 1.82) is 0 Å². The Bertz CT molecular complexity index is 181. The van der Waals surface area contributed by atoms with Gasteiger partial charge in [-0.1, -0.05) is 5.92 Å². The van der Waals surface area contributed by atoms with E-state index in [-0.39, 0.29) is 5.91 Å². The van der Waals surface area contributed by atoms with Gasteiger partial charge in [-0.3, -0.25) is 4.79 Å². The van der Waals surface area contributed by atoms with Crippen LogP contribution in [-0.2, 0) is 4.79 Å². The van der Waals surface area contributed by atoms with Gasteiger partial charge < -0.3 is 5.32 Å². The van der Waals surface area contributed by atoms with Crippen molar-refractivity contribution in [3.05, 3.63) is 0 Å². The van der Waals surface area contributed by atoms with Gasteiger partial charge in [0.2, 0.25) is 5.91 Å². The molecule has 0 saturated heterocycles. The molecule has 0 radical (unpaired) electrons. The first-order valence-corrected chi connectivity index (χ1v) is 4.32. The Labute approximate surface area is 72.1 Å². The van der Waals surface area contributed by atoms with Gasteiger partial charge in [0.1, 0.15) is 0 Å². The maximum atomic E-state index is 11.1. The number of nitrogens with one attached hydrogen (secondary N) is 1. The summed E-state index contributed by atoms with van der Waals surface area (Å²) in [7, 11) is 1.63. The summed E-state index contributed by atoms with van der Waals surface area (Å²) in [6, 6.07) is 0. The lowest BCUT2D eigenvalue weighted by Gasteiger charge is -2.20. The summed E-state index contributed by atoms with van der Waals surface area (Å²) in [6.07, 6.45) is 5.07. The van der Waals surface area contributed by atoms with Crippen molar-refractivity contribution >= 4 is 17.7 Å². The molecule has 2 nitrogen and oxygen atoms in total. The van der Waals surface area contributed by atoms with E-state index in [1.165, 1.54) is 11.8 Å². The van der Waals surface area contributed by atoms with Gasteiger partial charge in [-0.15, -0.1) is 18.2 Å². The zero-order valence-electron chi connectivity index (χ0n) is 7.10. The molecule has 0 aliphatic carbocycles. The predicted molar refractivity (Wildman–Crippen MR) is 49.4 cm³/mol. The van der Waals surface area contributed by atoms with E-state index in [0.29, 0.717) is 5.75 Å². The molecule has 1 amide bonds. The Kier molecular flexibility index (Phi) is 4.06. The number of carbonyl (C=O) groups is 1. The van der Waals surface area contributed by atoms with Gasteiger partial charge >= 0.3 is 0 Å². The van der Waals surface area contributed by atoms with E-state index >= 15 is 0 Å². The molecular weight excluding hydrogens is 158 g/mol. The number of terminal acetylenes is 1. The van der Waals surface area contributed by atoms with Gasteiger partial charge in [0, 0.05) is 7.05 Å². The first-order chi connectivity index (χ1) is 5.04. The summed E-state index contributed by atoms with van der Waals surface area (Å²) >= 11 is 1.46. The summed E-state index contributed by atoms with van der Waals surface area (Å²) in [5.74, 6) is 3.07. The quantitative estimate of drug-likeness (QED) is 0.639. The number of thioether (sulfide) groups is 1. The van der Waals surface area contributed by atoms with E-state index in [2.05, 4.69) is 11.2 Å². The SMILES string of the molecule is C#CCSC(C)(C)C(=O)NC. The van der Waals surface area contributed by atoms with E-state index in [1.807, 2.05) is 13.8 Å². The Morgan fingerprint density at radius 3 is 2.64 bits per heavy atom. The molecule has 0 fully saturated rings. The molecule has 0 saturated carbocycles. The standard InChI is InChI=1S/C8H13NOS/c1-5-6-11-8(2,3)7(10)9-4/h1H,6H2,2-4H3,(H,9,10). The summed E-state index contributed by atoms with van der Waals surface area (Å²) in [6.45, 7) is 3.71. The molecule has 0 aromatic rings. The molecule has 0 aliphatic rings. The molecule has 0 spiro atoms. The summed E-state index contributed by atoms with van der Waals surface area (Å²) in [4.78, 5) is 11.1. The van der Waals surface area contributed by atoms with E-state index < -0.39 is 4.75 Å². The number of amides is 1. The molecule has 0 aromatic carbocycles. The smallest absolute Gasteiger partial charge is 0.235 e. The van der Waals surface area contributed by atoms with E-state index in [0.717, 1.165) is 0 Å². The number of rotatable bonds is 3. The molecule has 1 N–H and O–H groups in total. The third kappa shape index (κ3) is 3.33. The van der Waals surface area contributed by atoms with Crippen molar-refractivity contribution in [3.8, 4) is 12.3 Å². The van der Waals surface area contributed by atoms with Crippen LogP contribution in [0.1, 0.15) is 13.8 Å². The maximum Gasteiger partial charge on any atom is 0.235 e. The minimum atomic E-state index is -0.416. The largest absolute Gasteiger partial charge is 0.358 e. The molecule has 0 bridgehead atoms. The minimum Gasteiger partial charge on any atom is -0.358 e. The summed E-state index contributed by atoms with van der Waals surface area (Å²) in [5, 5.41) is 2.59. The fourth-order valence-corrected chi connectivity index (χ4v) is 1.27. The Balaban J connectivity index is 4.01. The number of hydrogen-bond donors (Lipinski definition) is 1. The molecule has 3 heteroatoms. The van der Waals surface area contributed by atoms with Gasteiger partial charge in [-0.05, 0) is 13.8 Å². The van der Waals surface area contributed by atoms with Crippen LogP contribution in [0.4, 0.5) is 0 Å². The average Bonchev–Trinajstić information content (AvgIpc) is 1.99. The molecular formula is C8H13NOS. The summed E-state index contributed by atoms with van der Waals surface area (Å²) in [5.41, 5.74) is 0. The monoisotopic (exact) mass is 171 g/mol. The van der Waals surface area contributed by atoms with Crippen LogP contribution < -0.4 is 5.32 Å². The number of hydrogen-bond acceptors (Lipinski definition) is 2. The van der Waals surface area contributed by atoms with E-state index in [9.17, 15) is 4.79 Å². The highest BCUT2D eigenvalue weighted by atomic mass is 32.2. The summed E-state index contributed by atoms with van der Waals surface area (Å²) < 4.78 is -0.416. The molecule has 0 rings (SSSR count). The number of carbonyl (C=O) groups excluding carboxylic acids is 1. The Morgan fingerprint density at radius 2 is 2.27 bits per heavy atom.